The highest BCUT2D eigenvalue weighted by atomic mass is 32.2. The van der Waals surface area contributed by atoms with Crippen LogP contribution in [-0.4, -0.2) is 46.3 Å². The third kappa shape index (κ3) is 5.95. The predicted molar refractivity (Wildman–Crippen MR) is 62.5 cm³/mol. The monoisotopic (exact) mass is 292 g/mol. The Bertz CT molecular complexity index is 561. The van der Waals surface area contributed by atoms with E-state index in [2.05, 4.69) is 0 Å². The number of carboxylic acid groups (broad SMARTS) is 2. The van der Waals surface area contributed by atoms with Crippen LogP contribution in [-0.2, 0) is 14.9 Å². The number of benzene rings is 1. The Hall–Kier alpha value is -1.97. The van der Waals surface area contributed by atoms with Crippen LogP contribution in [0, 0.1) is 0 Å². The fraction of sp³-hybridized carbons (Fsp3) is 0.200. The Morgan fingerprint density at radius 1 is 1.16 bits per heavy atom. The minimum Gasteiger partial charge on any atom is -0.479 e. The molecule has 0 fully saturated rings. The summed E-state index contributed by atoms with van der Waals surface area (Å²) >= 11 is 0. The first-order valence-corrected chi connectivity index (χ1v) is 6.22. The van der Waals surface area contributed by atoms with Gasteiger partial charge < -0.3 is 15.3 Å². The maximum absolute atomic E-state index is 10.7. The number of rotatable bonds is 3. The van der Waals surface area contributed by atoms with Gasteiger partial charge in [0.1, 0.15) is 11.0 Å². The van der Waals surface area contributed by atoms with Gasteiger partial charge in [0.2, 0.25) is 0 Å². The summed E-state index contributed by atoms with van der Waals surface area (Å²) < 4.78 is 29.9. The first-order valence-electron chi connectivity index (χ1n) is 4.78. The second-order valence-corrected chi connectivity index (χ2v) is 4.68. The van der Waals surface area contributed by atoms with Crippen molar-refractivity contribution in [3.05, 3.63) is 29.8 Å². The number of carbonyl (C=O) groups is 2. The van der Waals surface area contributed by atoms with Gasteiger partial charge in [-0.25, -0.2) is 9.59 Å². The molecule has 9 heteroatoms. The summed E-state index contributed by atoms with van der Waals surface area (Å²) in [6.45, 7) is 1.20. The van der Waals surface area contributed by atoms with Crippen LogP contribution < -0.4 is 0 Å². The lowest BCUT2D eigenvalue weighted by atomic mass is 10.2. The van der Waals surface area contributed by atoms with Crippen molar-refractivity contribution in [3.8, 4) is 0 Å². The zero-order valence-electron chi connectivity index (χ0n) is 9.72. The van der Waals surface area contributed by atoms with Crippen molar-refractivity contribution in [1.82, 2.24) is 0 Å². The number of aliphatic hydroxyl groups is 1. The molecule has 1 unspecified atom stereocenters. The van der Waals surface area contributed by atoms with E-state index in [9.17, 15) is 18.0 Å². The van der Waals surface area contributed by atoms with Gasteiger partial charge in [0.15, 0.2) is 0 Å². The fourth-order valence-corrected chi connectivity index (χ4v) is 1.55. The van der Waals surface area contributed by atoms with Gasteiger partial charge in [0.25, 0.3) is 10.1 Å². The van der Waals surface area contributed by atoms with E-state index in [1.807, 2.05) is 0 Å². The van der Waals surface area contributed by atoms with Crippen LogP contribution in [0.4, 0.5) is 0 Å². The van der Waals surface area contributed by atoms with E-state index in [-0.39, 0.29) is 0 Å². The summed E-state index contributed by atoms with van der Waals surface area (Å²) in [5, 5.41) is 24.3. The summed E-state index contributed by atoms with van der Waals surface area (Å²) in [4.78, 5) is 19.3. The standard InChI is InChI=1S/C7H6O5S.C3H6O3/c8-7(9)5-3-1-2-4-6(5)13(10,11)12;1-2(4)3(5)6/h1-4H,(H,8,9)(H,10,11,12);2,4H,1H3,(H,5,6). The first-order chi connectivity index (χ1) is 8.57. The van der Waals surface area contributed by atoms with Gasteiger partial charge in [0, 0.05) is 0 Å². The molecule has 1 atom stereocenters. The maximum atomic E-state index is 10.7. The van der Waals surface area contributed by atoms with Crippen molar-refractivity contribution >= 4 is 22.1 Å². The maximum Gasteiger partial charge on any atom is 0.337 e. The summed E-state index contributed by atoms with van der Waals surface area (Å²) in [7, 11) is -4.46. The molecule has 4 N–H and O–H groups in total. The van der Waals surface area contributed by atoms with Gasteiger partial charge >= 0.3 is 11.9 Å². The van der Waals surface area contributed by atoms with Crippen molar-refractivity contribution in [2.75, 3.05) is 0 Å². The number of carboxylic acids is 2. The van der Waals surface area contributed by atoms with Crippen LogP contribution in [0.2, 0.25) is 0 Å². The molecule has 0 aliphatic carbocycles. The number of aromatic carboxylic acids is 1. The van der Waals surface area contributed by atoms with Crippen LogP contribution in [0.25, 0.3) is 0 Å². The molecule has 0 saturated carbocycles. The lowest BCUT2D eigenvalue weighted by molar-refractivity contribution is -0.145. The second-order valence-electron chi connectivity index (χ2n) is 3.29. The lowest BCUT2D eigenvalue weighted by Crippen LogP contribution is -2.13. The number of hydrogen-bond donors (Lipinski definition) is 4. The molecule has 0 bridgehead atoms. The number of aliphatic carboxylic acids is 1. The topological polar surface area (TPSA) is 149 Å². The molecule has 1 aromatic rings. The van der Waals surface area contributed by atoms with E-state index in [4.69, 9.17) is 19.9 Å². The largest absolute Gasteiger partial charge is 0.479 e. The van der Waals surface area contributed by atoms with Crippen LogP contribution in [0.15, 0.2) is 29.2 Å². The summed E-state index contributed by atoms with van der Waals surface area (Å²) in [5.74, 6) is -2.58. The quantitative estimate of drug-likeness (QED) is 0.572. The third-order valence-electron chi connectivity index (χ3n) is 1.75. The molecular formula is C10H12O8S. The Morgan fingerprint density at radius 3 is 1.84 bits per heavy atom. The van der Waals surface area contributed by atoms with Crippen LogP contribution >= 0.6 is 0 Å². The van der Waals surface area contributed by atoms with Gasteiger partial charge in [-0.1, -0.05) is 12.1 Å². The summed E-state index contributed by atoms with van der Waals surface area (Å²) in [6.07, 6.45) is -1.23. The van der Waals surface area contributed by atoms with Crippen molar-refractivity contribution in [2.45, 2.75) is 17.9 Å². The molecule has 8 nitrogen and oxygen atoms in total. The van der Waals surface area contributed by atoms with E-state index in [0.29, 0.717) is 0 Å². The van der Waals surface area contributed by atoms with E-state index < -0.39 is 38.6 Å². The highest BCUT2D eigenvalue weighted by molar-refractivity contribution is 7.86. The van der Waals surface area contributed by atoms with Crippen molar-refractivity contribution in [1.29, 1.82) is 0 Å². The van der Waals surface area contributed by atoms with Crippen LogP contribution in [0.3, 0.4) is 0 Å². The molecule has 1 rings (SSSR count). The fourth-order valence-electron chi connectivity index (χ4n) is 0.868. The summed E-state index contributed by atoms with van der Waals surface area (Å²) in [5.41, 5.74) is -0.440. The Morgan fingerprint density at radius 2 is 1.58 bits per heavy atom. The molecular weight excluding hydrogens is 280 g/mol. The number of hydrogen-bond acceptors (Lipinski definition) is 5. The van der Waals surface area contributed by atoms with Crippen molar-refractivity contribution < 1.29 is 37.9 Å². The Balaban J connectivity index is 0.000000459. The smallest absolute Gasteiger partial charge is 0.337 e. The lowest BCUT2D eigenvalue weighted by Gasteiger charge is -2.00. The summed E-state index contributed by atoms with van der Waals surface area (Å²) in [6, 6.07) is 4.83. The SMILES string of the molecule is CC(O)C(=O)O.O=C(O)c1ccccc1S(=O)(=O)O. The highest BCUT2D eigenvalue weighted by Crippen LogP contribution is 2.14. The molecule has 0 aliphatic heterocycles. The van der Waals surface area contributed by atoms with E-state index in [1.165, 1.54) is 19.1 Å². The molecule has 0 spiro atoms. The molecule has 1 aromatic carbocycles. The average Bonchev–Trinajstić information content (AvgIpc) is 2.28. The predicted octanol–water partition coefficient (Wildman–Crippen LogP) is 0.0833. The Labute approximate surface area is 108 Å². The normalized spacial score (nSPS) is 11.9. The molecule has 0 amide bonds. The molecule has 106 valence electrons. The van der Waals surface area contributed by atoms with Crippen LogP contribution in [0.1, 0.15) is 17.3 Å². The van der Waals surface area contributed by atoms with Gasteiger partial charge in [-0.15, -0.1) is 0 Å². The van der Waals surface area contributed by atoms with E-state index in [0.717, 1.165) is 12.1 Å². The minimum absolute atomic E-state index is 0.440. The molecule has 0 radical (unpaired) electrons. The third-order valence-corrected chi connectivity index (χ3v) is 2.66. The van der Waals surface area contributed by atoms with Crippen LogP contribution in [0.5, 0.6) is 0 Å². The molecule has 0 saturated heterocycles. The minimum atomic E-state index is -4.46. The Kier molecular flexibility index (Phi) is 6.12. The molecule has 0 aromatic heterocycles. The first kappa shape index (κ1) is 17.0. The second kappa shape index (κ2) is 6.83. The molecule has 19 heavy (non-hydrogen) atoms. The van der Waals surface area contributed by atoms with Crippen molar-refractivity contribution in [2.24, 2.45) is 0 Å². The van der Waals surface area contributed by atoms with Gasteiger partial charge in [-0.3, -0.25) is 4.55 Å². The highest BCUT2D eigenvalue weighted by Gasteiger charge is 2.18. The van der Waals surface area contributed by atoms with Crippen molar-refractivity contribution in [3.63, 3.8) is 0 Å². The van der Waals surface area contributed by atoms with E-state index >= 15 is 0 Å². The zero-order valence-corrected chi connectivity index (χ0v) is 10.5. The average molecular weight is 292 g/mol. The number of aliphatic hydroxyl groups excluding tert-OH is 1. The van der Waals surface area contributed by atoms with E-state index in [1.54, 1.807) is 0 Å². The van der Waals surface area contributed by atoms with Gasteiger partial charge in [-0.2, -0.15) is 8.42 Å². The molecule has 0 heterocycles. The zero-order chi connectivity index (χ0) is 15.2. The molecule has 0 aliphatic rings. The van der Waals surface area contributed by atoms with Gasteiger partial charge in [0.05, 0.1) is 5.56 Å². The van der Waals surface area contributed by atoms with Gasteiger partial charge in [-0.05, 0) is 19.1 Å².